The monoisotopic (exact) mass is 566 g/mol. The lowest BCUT2D eigenvalue weighted by Crippen LogP contribution is -2.43. The van der Waals surface area contributed by atoms with E-state index in [0.717, 1.165) is 37.1 Å². The largest absolute Gasteiger partial charge is 0.357 e. The van der Waals surface area contributed by atoms with Crippen molar-refractivity contribution in [3.8, 4) is 0 Å². The summed E-state index contributed by atoms with van der Waals surface area (Å²) in [5.74, 6) is 1.74. The van der Waals surface area contributed by atoms with E-state index in [1.165, 1.54) is 48.3 Å². The quantitative estimate of drug-likeness (QED) is 0.279. The van der Waals surface area contributed by atoms with Crippen LogP contribution in [0.25, 0.3) is 0 Å². The summed E-state index contributed by atoms with van der Waals surface area (Å²) in [5.41, 5.74) is 6.32. The predicted octanol–water partition coefficient (Wildman–Crippen LogP) is 4.57. The van der Waals surface area contributed by atoms with Crippen molar-refractivity contribution in [3.63, 3.8) is 0 Å². The van der Waals surface area contributed by atoms with Crippen LogP contribution in [0.2, 0.25) is 0 Å². The van der Waals surface area contributed by atoms with E-state index in [1.807, 2.05) is 11.7 Å². The van der Waals surface area contributed by atoms with Gasteiger partial charge in [-0.25, -0.2) is 4.99 Å². The molecular formula is C26H43IN6. The minimum Gasteiger partial charge on any atom is -0.357 e. The summed E-state index contributed by atoms with van der Waals surface area (Å²) in [6.45, 7) is 15.9. The van der Waals surface area contributed by atoms with Crippen molar-refractivity contribution in [2.75, 3.05) is 19.6 Å². The van der Waals surface area contributed by atoms with E-state index >= 15 is 0 Å². The SMILES string of the molecule is CCNC(=NCc1cccc(CN2CCC(C)CC2)c1)NC(C)Cc1c(C)nn(C)c1C.I. The number of benzene rings is 1. The molecule has 0 spiro atoms. The fourth-order valence-corrected chi connectivity index (χ4v) is 4.50. The number of aromatic nitrogens is 2. The van der Waals surface area contributed by atoms with E-state index in [2.05, 4.69) is 79.5 Å². The maximum absolute atomic E-state index is 4.87. The maximum atomic E-state index is 4.87. The third-order valence-corrected chi connectivity index (χ3v) is 6.59. The highest BCUT2D eigenvalue weighted by molar-refractivity contribution is 14.0. The number of hydrogen-bond acceptors (Lipinski definition) is 3. The Morgan fingerprint density at radius 2 is 1.91 bits per heavy atom. The van der Waals surface area contributed by atoms with Gasteiger partial charge in [-0.1, -0.05) is 31.2 Å². The second-order valence-corrected chi connectivity index (χ2v) is 9.50. The summed E-state index contributed by atoms with van der Waals surface area (Å²) < 4.78 is 1.97. The molecule has 6 nitrogen and oxygen atoms in total. The highest BCUT2D eigenvalue weighted by atomic mass is 127. The molecule has 1 saturated heterocycles. The molecule has 0 amide bonds. The van der Waals surface area contributed by atoms with Crippen LogP contribution in [0.4, 0.5) is 0 Å². The first-order chi connectivity index (χ1) is 15.4. The Labute approximate surface area is 217 Å². The summed E-state index contributed by atoms with van der Waals surface area (Å²) in [5, 5.41) is 11.5. The molecule has 1 atom stereocenters. The van der Waals surface area contributed by atoms with Gasteiger partial charge in [0.15, 0.2) is 5.96 Å². The molecule has 0 bridgehead atoms. The van der Waals surface area contributed by atoms with Gasteiger partial charge in [-0.05, 0) is 82.7 Å². The van der Waals surface area contributed by atoms with Crippen molar-refractivity contribution in [2.45, 2.75) is 73.0 Å². The number of guanidine groups is 1. The Morgan fingerprint density at radius 1 is 1.21 bits per heavy atom. The second-order valence-electron chi connectivity index (χ2n) is 9.50. The van der Waals surface area contributed by atoms with E-state index in [9.17, 15) is 0 Å². The van der Waals surface area contributed by atoms with Crippen molar-refractivity contribution in [3.05, 3.63) is 52.3 Å². The fourth-order valence-electron chi connectivity index (χ4n) is 4.50. The molecule has 7 heteroatoms. The number of nitrogens with zero attached hydrogens (tertiary/aromatic N) is 4. The Bertz CT molecular complexity index is 898. The van der Waals surface area contributed by atoms with Crippen molar-refractivity contribution < 1.29 is 0 Å². The first-order valence-corrected chi connectivity index (χ1v) is 12.2. The van der Waals surface area contributed by atoms with Gasteiger partial charge in [-0.3, -0.25) is 9.58 Å². The van der Waals surface area contributed by atoms with Crippen molar-refractivity contribution in [1.29, 1.82) is 0 Å². The van der Waals surface area contributed by atoms with Crippen LogP contribution < -0.4 is 10.6 Å². The van der Waals surface area contributed by atoms with Crippen molar-refractivity contribution in [2.24, 2.45) is 18.0 Å². The van der Waals surface area contributed by atoms with Crippen LogP contribution in [-0.4, -0.2) is 46.3 Å². The van der Waals surface area contributed by atoms with Gasteiger partial charge in [0.1, 0.15) is 0 Å². The zero-order chi connectivity index (χ0) is 23.1. The number of hydrogen-bond donors (Lipinski definition) is 2. The highest BCUT2D eigenvalue weighted by Gasteiger charge is 2.16. The number of aliphatic imine (C=N–C) groups is 1. The first-order valence-electron chi connectivity index (χ1n) is 12.2. The van der Waals surface area contributed by atoms with Gasteiger partial charge in [-0.2, -0.15) is 5.10 Å². The van der Waals surface area contributed by atoms with Crippen LogP contribution in [-0.2, 0) is 26.6 Å². The van der Waals surface area contributed by atoms with Gasteiger partial charge in [0.05, 0.1) is 12.2 Å². The van der Waals surface area contributed by atoms with Crippen LogP contribution in [0.3, 0.4) is 0 Å². The normalized spacial score (nSPS) is 16.4. The van der Waals surface area contributed by atoms with Gasteiger partial charge in [0, 0.05) is 31.9 Å². The van der Waals surface area contributed by atoms with E-state index in [4.69, 9.17) is 4.99 Å². The average molecular weight is 567 g/mol. The van der Waals surface area contributed by atoms with Gasteiger partial charge in [0.25, 0.3) is 0 Å². The van der Waals surface area contributed by atoms with Gasteiger partial charge >= 0.3 is 0 Å². The third-order valence-electron chi connectivity index (χ3n) is 6.59. The molecule has 0 saturated carbocycles. The summed E-state index contributed by atoms with van der Waals surface area (Å²) >= 11 is 0. The molecule has 1 aromatic carbocycles. The molecule has 1 aliphatic heterocycles. The number of nitrogens with one attached hydrogen (secondary N) is 2. The van der Waals surface area contributed by atoms with E-state index in [-0.39, 0.29) is 30.0 Å². The van der Waals surface area contributed by atoms with E-state index in [0.29, 0.717) is 6.54 Å². The molecule has 0 aliphatic carbocycles. The molecule has 0 radical (unpaired) electrons. The Kier molecular flexibility index (Phi) is 11.2. The lowest BCUT2D eigenvalue weighted by Gasteiger charge is -2.30. The molecule has 2 N–H and O–H groups in total. The van der Waals surface area contributed by atoms with Crippen LogP contribution in [0.1, 0.15) is 61.7 Å². The molecule has 1 unspecified atom stereocenters. The number of halogens is 1. The topological polar surface area (TPSA) is 57.5 Å². The third kappa shape index (κ3) is 8.28. The smallest absolute Gasteiger partial charge is 0.191 e. The first kappa shape index (κ1) is 27.6. The average Bonchev–Trinajstić information content (AvgIpc) is 3.00. The van der Waals surface area contributed by atoms with Gasteiger partial charge in [-0.15, -0.1) is 24.0 Å². The summed E-state index contributed by atoms with van der Waals surface area (Å²) in [4.78, 5) is 7.45. The lowest BCUT2D eigenvalue weighted by atomic mass is 9.98. The van der Waals surface area contributed by atoms with E-state index in [1.54, 1.807) is 0 Å². The molecule has 3 rings (SSSR count). The minimum absolute atomic E-state index is 0. The predicted molar refractivity (Wildman–Crippen MR) is 149 cm³/mol. The Balaban J connectivity index is 0.00000385. The highest BCUT2D eigenvalue weighted by Crippen LogP contribution is 2.19. The molecular weight excluding hydrogens is 523 g/mol. The Morgan fingerprint density at radius 3 is 2.55 bits per heavy atom. The van der Waals surface area contributed by atoms with Crippen molar-refractivity contribution in [1.82, 2.24) is 25.3 Å². The number of rotatable bonds is 8. The second kappa shape index (κ2) is 13.3. The van der Waals surface area contributed by atoms with Crippen LogP contribution in [0.5, 0.6) is 0 Å². The fraction of sp³-hybridized carbons (Fsp3) is 0.615. The molecule has 1 fully saturated rings. The van der Waals surface area contributed by atoms with Crippen molar-refractivity contribution >= 4 is 29.9 Å². The molecule has 33 heavy (non-hydrogen) atoms. The van der Waals surface area contributed by atoms with Gasteiger partial charge in [0.2, 0.25) is 0 Å². The zero-order valence-corrected chi connectivity index (χ0v) is 23.6. The summed E-state index contributed by atoms with van der Waals surface area (Å²) in [6, 6.07) is 9.18. The summed E-state index contributed by atoms with van der Waals surface area (Å²) in [7, 11) is 2.01. The molecule has 2 aromatic rings. The molecule has 1 aromatic heterocycles. The lowest BCUT2D eigenvalue weighted by molar-refractivity contribution is 0.185. The number of aryl methyl sites for hydroxylation is 2. The molecule has 184 valence electrons. The number of piperidine rings is 1. The molecule has 2 heterocycles. The Hall–Kier alpha value is -1.61. The molecule has 1 aliphatic rings. The van der Waals surface area contributed by atoms with Crippen LogP contribution in [0.15, 0.2) is 29.3 Å². The minimum atomic E-state index is 0. The number of likely N-dealkylation sites (tertiary alicyclic amines) is 1. The maximum Gasteiger partial charge on any atom is 0.191 e. The zero-order valence-electron chi connectivity index (χ0n) is 21.3. The van der Waals surface area contributed by atoms with E-state index < -0.39 is 0 Å². The summed E-state index contributed by atoms with van der Waals surface area (Å²) in [6.07, 6.45) is 3.57. The standard InChI is InChI=1S/C26H42N6.HI/c1-7-27-26(29-20(3)15-25-21(4)30-31(6)22(25)5)28-17-23-9-8-10-24(16-23)18-32-13-11-19(2)12-14-32;/h8-10,16,19-20H,7,11-15,17-18H2,1-6H3,(H2,27,28,29);1H. The van der Waals surface area contributed by atoms with Crippen LogP contribution in [0, 0.1) is 19.8 Å². The van der Waals surface area contributed by atoms with Gasteiger partial charge < -0.3 is 10.6 Å². The van der Waals surface area contributed by atoms with Crippen LogP contribution >= 0.6 is 24.0 Å².